The van der Waals surface area contributed by atoms with Gasteiger partial charge in [0.05, 0.1) is 10.4 Å². The highest BCUT2D eigenvalue weighted by Crippen LogP contribution is 2.26. The third-order valence-corrected chi connectivity index (χ3v) is 2.91. The van der Waals surface area contributed by atoms with Crippen molar-refractivity contribution in [2.24, 2.45) is 0 Å². The number of nitrogens with one attached hydrogen (secondary N) is 1. The van der Waals surface area contributed by atoms with E-state index in [1.165, 1.54) is 16.0 Å². The average molecular weight is 204 g/mol. The van der Waals surface area contributed by atoms with Gasteiger partial charge >= 0.3 is 0 Å². The number of rotatable bonds is 2. The van der Waals surface area contributed by atoms with Crippen molar-refractivity contribution in [3.63, 3.8) is 0 Å². The molecule has 14 heavy (non-hydrogen) atoms. The summed E-state index contributed by atoms with van der Waals surface area (Å²) in [6.07, 6.45) is 1.90. The third-order valence-electron chi connectivity index (χ3n) is 2.08. The second-order valence-electron chi connectivity index (χ2n) is 3.20. The number of benzene rings is 1. The SMILES string of the molecule is CNc1cc(C)cc(-c2cncs2)c1. The van der Waals surface area contributed by atoms with Crippen LogP contribution in [0, 0.1) is 6.92 Å². The van der Waals surface area contributed by atoms with Crippen molar-refractivity contribution in [3.8, 4) is 10.4 Å². The number of thiazole rings is 1. The Hall–Kier alpha value is -1.35. The average Bonchev–Trinajstić information content (AvgIpc) is 2.69. The smallest absolute Gasteiger partial charge is 0.0797 e. The quantitative estimate of drug-likeness (QED) is 0.812. The fourth-order valence-corrected chi connectivity index (χ4v) is 2.04. The van der Waals surface area contributed by atoms with Gasteiger partial charge in [-0.2, -0.15) is 0 Å². The van der Waals surface area contributed by atoms with Crippen LogP contribution in [0.3, 0.4) is 0 Å². The standard InChI is InChI=1S/C11H12N2S/c1-8-3-9(5-10(4-8)12-2)11-6-13-7-14-11/h3-7,12H,1-2H3. The number of nitrogens with zero attached hydrogens (tertiary/aromatic N) is 1. The first-order chi connectivity index (χ1) is 6.79. The Kier molecular flexibility index (Phi) is 2.50. The van der Waals surface area contributed by atoms with Crippen LogP contribution in [-0.4, -0.2) is 12.0 Å². The second-order valence-corrected chi connectivity index (χ2v) is 4.09. The molecule has 0 aliphatic rings. The van der Waals surface area contributed by atoms with Crippen LogP contribution < -0.4 is 5.32 Å². The summed E-state index contributed by atoms with van der Waals surface area (Å²) < 4.78 is 0. The van der Waals surface area contributed by atoms with Crippen LogP contribution in [0.1, 0.15) is 5.56 Å². The third kappa shape index (κ3) is 1.77. The lowest BCUT2D eigenvalue weighted by atomic mass is 10.1. The molecule has 3 heteroatoms. The van der Waals surface area contributed by atoms with E-state index >= 15 is 0 Å². The predicted octanol–water partition coefficient (Wildman–Crippen LogP) is 3.16. The van der Waals surface area contributed by atoms with Crippen molar-refractivity contribution in [2.45, 2.75) is 6.92 Å². The molecule has 0 radical (unpaired) electrons. The maximum Gasteiger partial charge on any atom is 0.0797 e. The number of aromatic nitrogens is 1. The Balaban J connectivity index is 2.48. The van der Waals surface area contributed by atoms with Crippen molar-refractivity contribution in [1.82, 2.24) is 4.98 Å². The molecular formula is C11H12N2S. The molecule has 0 bridgehead atoms. The molecule has 0 saturated heterocycles. The molecule has 0 saturated carbocycles. The molecule has 0 amide bonds. The summed E-state index contributed by atoms with van der Waals surface area (Å²) in [6.45, 7) is 2.10. The minimum Gasteiger partial charge on any atom is -0.388 e. The van der Waals surface area contributed by atoms with E-state index in [0.29, 0.717) is 0 Å². The lowest BCUT2D eigenvalue weighted by Gasteiger charge is -2.04. The van der Waals surface area contributed by atoms with Crippen molar-refractivity contribution in [3.05, 3.63) is 35.5 Å². The summed E-state index contributed by atoms with van der Waals surface area (Å²) in [4.78, 5) is 5.29. The van der Waals surface area contributed by atoms with Gasteiger partial charge in [0.25, 0.3) is 0 Å². The highest BCUT2D eigenvalue weighted by molar-refractivity contribution is 7.13. The molecule has 2 rings (SSSR count). The van der Waals surface area contributed by atoms with Gasteiger partial charge in [-0.3, -0.25) is 4.98 Å². The molecule has 1 heterocycles. The van der Waals surface area contributed by atoms with E-state index in [2.05, 4.69) is 35.4 Å². The normalized spacial score (nSPS) is 10.1. The predicted molar refractivity (Wildman–Crippen MR) is 61.8 cm³/mol. The largest absolute Gasteiger partial charge is 0.388 e. The van der Waals surface area contributed by atoms with Gasteiger partial charge in [-0.15, -0.1) is 11.3 Å². The van der Waals surface area contributed by atoms with Crippen LogP contribution >= 0.6 is 11.3 Å². The number of anilines is 1. The topological polar surface area (TPSA) is 24.9 Å². The zero-order valence-corrected chi connectivity index (χ0v) is 9.06. The van der Waals surface area contributed by atoms with Gasteiger partial charge in [0, 0.05) is 18.9 Å². The monoisotopic (exact) mass is 204 g/mol. The fraction of sp³-hybridized carbons (Fsp3) is 0.182. The van der Waals surface area contributed by atoms with Gasteiger partial charge in [0.1, 0.15) is 0 Å². The van der Waals surface area contributed by atoms with Crippen molar-refractivity contribution in [1.29, 1.82) is 0 Å². The fourth-order valence-electron chi connectivity index (χ4n) is 1.43. The lowest BCUT2D eigenvalue weighted by molar-refractivity contribution is 1.41. The van der Waals surface area contributed by atoms with E-state index < -0.39 is 0 Å². The van der Waals surface area contributed by atoms with Crippen molar-refractivity contribution >= 4 is 17.0 Å². The van der Waals surface area contributed by atoms with E-state index in [1.54, 1.807) is 11.3 Å². The molecular weight excluding hydrogens is 192 g/mol. The number of hydrogen-bond donors (Lipinski definition) is 1. The molecule has 0 spiro atoms. The van der Waals surface area contributed by atoms with Crippen LogP contribution in [0.25, 0.3) is 10.4 Å². The Bertz CT molecular complexity index is 421. The highest BCUT2D eigenvalue weighted by atomic mass is 32.1. The van der Waals surface area contributed by atoms with E-state index in [1.807, 2.05) is 18.8 Å². The van der Waals surface area contributed by atoms with Crippen molar-refractivity contribution in [2.75, 3.05) is 12.4 Å². The van der Waals surface area contributed by atoms with Crippen LogP contribution in [0.5, 0.6) is 0 Å². The zero-order chi connectivity index (χ0) is 9.97. The minimum atomic E-state index is 1.15. The van der Waals surface area contributed by atoms with Crippen molar-refractivity contribution < 1.29 is 0 Å². The van der Waals surface area contributed by atoms with Crippen LogP contribution in [0.15, 0.2) is 29.9 Å². The molecule has 2 aromatic rings. The van der Waals surface area contributed by atoms with E-state index in [9.17, 15) is 0 Å². The Morgan fingerprint density at radius 2 is 2.14 bits per heavy atom. The molecule has 0 unspecified atom stereocenters. The van der Waals surface area contributed by atoms with E-state index in [0.717, 1.165) is 5.69 Å². The summed E-state index contributed by atoms with van der Waals surface area (Å²) in [5.74, 6) is 0. The zero-order valence-electron chi connectivity index (χ0n) is 8.24. The molecule has 1 N–H and O–H groups in total. The molecule has 0 atom stereocenters. The Morgan fingerprint density at radius 1 is 1.29 bits per heavy atom. The van der Waals surface area contributed by atoms with E-state index in [4.69, 9.17) is 0 Å². The number of hydrogen-bond acceptors (Lipinski definition) is 3. The van der Waals surface area contributed by atoms with Gasteiger partial charge in [0.2, 0.25) is 0 Å². The molecule has 1 aromatic carbocycles. The van der Waals surface area contributed by atoms with Crippen LogP contribution in [0.2, 0.25) is 0 Å². The molecule has 0 aliphatic carbocycles. The maximum absolute atomic E-state index is 4.08. The minimum absolute atomic E-state index is 1.15. The number of aryl methyl sites for hydroxylation is 1. The maximum atomic E-state index is 4.08. The molecule has 1 aromatic heterocycles. The first kappa shape index (κ1) is 9.21. The molecule has 0 aliphatic heterocycles. The van der Waals surface area contributed by atoms with Gasteiger partial charge in [-0.1, -0.05) is 6.07 Å². The van der Waals surface area contributed by atoms with Gasteiger partial charge < -0.3 is 5.32 Å². The molecule has 2 nitrogen and oxygen atoms in total. The Labute approximate surface area is 87.6 Å². The lowest BCUT2D eigenvalue weighted by Crippen LogP contribution is -1.89. The summed E-state index contributed by atoms with van der Waals surface area (Å²) in [5.41, 5.74) is 5.50. The summed E-state index contributed by atoms with van der Waals surface area (Å²) >= 11 is 1.67. The van der Waals surface area contributed by atoms with Gasteiger partial charge in [-0.05, 0) is 30.2 Å². The Morgan fingerprint density at radius 3 is 2.79 bits per heavy atom. The summed E-state index contributed by atoms with van der Waals surface area (Å²) in [5, 5.41) is 3.15. The van der Waals surface area contributed by atoms with Gasteiger partial charge in [0.15, 0.2) is 0 Å². The highest BCUT2D eigenvalue weighted by Gasteiger charge is 2.01. The molecule has 0 fully saturated rings. The summed E-state index contributed by atoms with van der Waals surface area (Å²) in [7, 11) is 1.94. The molecule has 72 valence electrons. The van der Waals surface area contributed by atoms with Gasteiger partial charge in [-0.25, -0.2) is 0 Å². The van der Waals surface area contributed by atoms with E-state index in [-0.39, 0.29) is 0 Å². The van der Waals surface area contributed by atoms with Crippen LogP contribution in [0.4, 0.5) is 5.69 Å². The summed E-state index contributed by atoms with van der Waals surface area (Å²) in [6, 6.07) is 6.44. The van der Waals surface area contributed by atoms with Crippen LogP contribution in [-0.2, 0) is 0 Å². The first-order valence-corrected chi connectivity index (χ1v) is 5.36. The first-order valence-electron chi connectivity index (χ1n) is 4.48. The second kappa shape index (κ2) is 3.80.